The summed E-state index contributed by atoms with van der Waals surface area (Å²) >= 11 is 0. The summed E-state index contributed by atoms with van der Waals surface area (Å²) in [5.74, 6) is -0.201. The number of amides is 1. The molecule has 1 atom stereocenters. The average molecular weight is 432 g/mol. The van der Waals surface area contributed by atoms with Gasteiger partial charge in [-0.05, 0) is 56.2 Å². The topological polar surface area (TPSA) is 102 Å². The van der Waals surface area contributed by atoms with Gasteiger partial charge in [0.1, 0.15) is 0 Å². The Morgan fingerprint density at radius 1 is 1.21 bits per heavy atom. The van der Waals surface area contributed by atoms with Gasteiger partial charge in [0.25, 0.3) is 0 Å². The molecule has 3 rings (SSSR count). The molecule has 1 aromatic rings. The third-order valence-electron chi connectivity index (χ3n) is 5.47. The molecule has 0 bridgehead atoms. The van der Waals surface area contributed by atoms with Crippen LogP contribution < -0.4 is 11.1 Å². The van der Waals surface area contributed by atoms with Gasteiger partial charge < -0.3 is 15.8 Å². The van der Waals surface area contributed by atoms with Crippen molar-refractivity contribution in [1.82, 2.24) is 4.31 Å². The van der Waals surface area contributed by atoms with E-state index in [0.717, 1.165) is 32.1 Å². The van der Waals surface area contributed by atoms with Crippen LogP contribution in [0.1, 0.15) is 37.7 Å². The lowest BCUT2D eigenvalue weighted by molar-refractivity contribution is -0.119. The summed E-state index contributed by atoms with van der Waals surface area (Å²) < 4.78 is 32.9. The van der Waals surface area contributed by atoms with Crippen molar-refractivity contribution >= 4 is 34.0 Å². The van der Waals surface area contributed by atoms with Crippen LogP contribution in [0.5, 0.6) is 0 Å². The summed E-state index contributed by atoms with van der Waals surface area (Å²) in [7, 11) is -3.56. The molecule has 3 N–H and O–H groups in total. The molecule has 0 radical (unpaired) electrons. The number of piperidine rings is 1. The fraction of sp³-hybridized carbons (Fsp3) is 0.632. The van der Waals surface area contributed by atoms with Gasteiger partial charge in [-0.15, -0.1) is 12.4 Å². The second-order valence-corrected chi connectivity index (χ2v) is 9.32. The first-order chi connectivity index (χ1) is 12.9. The summed E-state index contributed by atoms with van der Waals surface area (Å²) in [6.07, 6.45) is 4.35. The van der Waals surface area contributed by atoms with Crippen LogP contribution in [0.25, 0.3) is 0 Å². The molecule has 28 heavy (non-hydrogen) atoms. The molecule has 2 fully saturated rings. The highest BCUT2D eigenvalue weighted by atomic mass is 35.5. The minimum atomic E-state index is -3.56. The van der Waals surface area contributed by atoms with Crippen LogP contribution in [0.2, 0.25) is 0 Å². The Hall–Kier alpha value is -1.19. The fourth-order valence-corrected chi connectivity index (χ4v) is 5.48. The van der Waals surface area contributed by atoms with Gasteiger partial charge >= 0.3 is 0 Å². The number of nitrogens with two attached hydrogens (primary N) is 1. The number of halogens is 1. The molecule has 0 spiro atoms. The normalized spacial score (nSPS) is 20.2. The lowest BCUT2D eigenvalue weighted by Crippen LogP contribution is -2.44. The molecule has 2 aliphatic rings. The second kappa shape index (κ2) is 10.0. The van der Waals surface area contributed by atoms with Gasteiger partial charge in [-0.25, -0.2) is 8.42 Å². The number of carbonyl (C=O) groups excluding carboxylic acids is 1. The zero-order valence-corrected chi connectivity index (χ0v) is 17.9. The maximum Gasteiger partial charge on any atom is 0.243 e. The van der Waals surface area contributed by atoms with E-state index in [-0.39, 0.29) is 29.1 Å². The van der Waals surface area contributed by atoms with Crippen LogP contribution in [-0.2, 0) is 19.6 Å². The van der Waals surface area contributed by atoms with Crippen LogP contribution in [0.3, 0.4) is 0 Å². The molecule has 1 amide bonds. The Bertz CT molecular complexity index is 775. The van der Waals surface area contributed by atoms with Crippen molar-refractivity contribution < 1.29 is 17.9 Å². The number of sulfonamides is 1. The molecular formula is C19H30ClN3O4S. The van der Waals surface area contributed by atoms with E-state index in [0.29, 0.717) is 37.6 Å². The number of hydrogen-bond acceptors (Lipinski definition) is 5. The number of ether oxygens (including phenoxy) is 1. The maximum atomic E-state index is 13.0. The standard InChI is InChI=1S/C19H29N3O4S.ClH/c1-14-5-6-16(21-19(23)18(20)15-7-11-26-12-8-15)13-17(14)27(24,25)22-9-3-2-4-10-22;/h5-6,13,15,18H,2-4,7-12,20H2,1H3,(H,21,23);1H. The van der Waals surface area contributed by atoms with Crippen molar-refractivity contribution in [2.75, 3.05) is 31.6 Å². The predicted molar refractivity (Wildman–Crippen MR) is 111 cm³/mol. The van der Waals surface area contributed by atoms with Gasteiger partial charge in [-0.2, -0.15) is 4.31 Å². The van der Waals surface area contributed by atoms with Crippen molar-refractivity contribution in [2.45, 2.75) is 50.0 Å². The molecule has 0 aromatic heterocycles. The minimum absolute atomic E-state index is 0. The predicted octanol–water partition coefficient (Wildman–Crippen LogP) is 2.28. The quantitative estimate of drug-likeness (QED) is 0.744. The fourth-order valence-electron chi connectivity index (χ4n) is 3.71. The van der Waals surface area contributed by atoms with Gasteiger partial charge in [-0.3, -0.25) is 4.79 Å². The molecule has 2 heterocycles. The highest BCUT2D eigenvalue weighted by Crippen LogP contribution is 2.26. The molecule has 2 saturated heterocycles. The molecule has 158 valence electrons. The number of benzene rings is 1. The number of carbonyl (C=O) groups is 1. The Morgan fingerprint density at radius 3 is 2.50 bits per heavy atom. The number of nitrogens with zero attached hydrogens (tertiary/aromatic N) is 1. The largest absolute Gasteiger partial charge is 0.381 e. The number of anilines is 1. The number of nitrogens with one attached hydrogen (secondary N) is 1. The van der Waals surface area contributed by atoms with Crippen LogP contribution in [-0.4, -0.2) is 51.0 Å². The van der Waals surface area contributed by atoms with Crippen LogP contribution in [0.15, 0.2) is 23.1 Å². The zero-order chi connectivity index (χ0) is 19.4. The minimum Gasteiger partial charge on any atom is -0.381 e. The zero-order valence-electron chi connectivity index (χ0n) is 16.2. The summed E-state index contributed by atoms with van der Waals surface area (Å²) in [4.78, 5) is 12.8. The van der Waals surface area contributed by atoms with Crippen molar-refractivity contribution in [3.05, 3.63) is 23.8 Å². The molecule has 1 unspecified atom stereocenters. The van der Waals surface area contributed by atoms with Gasteiger partial charge in [-0.1, -0.05) is 12.5 Å². The third kappa shape index (κ3) is 5.24. The highest BCUT2D eigenvalue weighted by Gasteiger charge is 2.29. The Balaban J connectivity index is 0.00000280. The molecule has 7 nitrogen and oxygen atoms in total. The van der Waals surface area contributed by atoms with Gasteiger partial charge in [0.15, 0.2) is 0 Å². The number of hydrogen-bond donors (Lipinski definition) is 2. The summed E-state index contributed by atoms with van der Waals surface area (Å²) in [5, 5.41) is 2.79. The molecule has 0 aliphatic carbocycles. The summed E-state index contributed by atoms with van der Waals surface area (Å²) in [5.41, 5.74) is 7.25. The Morgan fingerprint density at radius 2 is 1.86 bits per heavy atom. The monoisotopic (exact) mass is 431 g/mol. The van der Waals surface area contributed by atoms with Crippen molar-refractivity contribution in [3.8, 4) is 0 Å². The van der Waals surface area contributed by atoms with E-state index in [9.17, 15) is 13.2 Å². The van der Waals surface area contributed by atoms with Gasteiger partial charge in [0.2, 0.25) is 15.9 Å². The molecular weight excluding hydrogens is 402 g/mol. The van der Waals surface area contributed by atoms with E-state index in [2.05, 4.69) is 5.32 Å². The van der Waals surface area contributed by atoms with Crippen molar-refractivity contribution in [1.29, 1.82) is 0 Å². The summed E-state index contributed by atoms with van der Waals surface area (Å²) in [6, 6.07) is 4.37. The Kier molecular flexibility index (Phi) is 8.27. The van der Waals surface area contributed by atoms with E-state index in [4.69, 9.17) is 10.5 Å². The highest BCUT2D eigenvalue weighted by molar-refractivity contribution is 7.89. The van der Waals surface area contributed by atoms with E-state index in [1.54, 1.807) is 25.1 Å². The molecule has 9 heteroatoms. The van der Waals surface area contributed by atoms with Gasteiger partial charge in [0.05, 0.1) is 10.9 Å². The third-order valence-corrected chi connectivity index (χ3v) is 7.51. The van der Waals surface area contributed by atoms with E-state index >= 15 is 0 Å². The first kappa shape index (κ1) is 23.1. The van der Waals surface area contributed by atoms with E-state index < -0.39 is 16.1 Å². The van der Waals surface area contributed by atoms with Crippen molar-refractivity contribution in [3.63, 3.8) is 0 Å². The SMILES string of the molecule is Cc1ccc(NC(=O)C(N)C2CCOCC2)cc1S(=O)(=O)N1CCCCC1.Cl. The van der Waals surface area contributed by atoms with Crippen molar-refractivity contribution in [2.24, 2.45) is 11.7 Å². The van der Waals surface area contributed by atoms with Crippen LogP contribution in [0, 0.1) is 12.8 Å². The average Bonchev–Trinajstić information content (AvgIpc) is 2.70. The smallest absolute Gasteiger partial charge is 0.243 e. The Labute approximate surface area is 173 Å². The molecule has 0 saturated carbocycles. The lowest BCUT2D eigenvalue weighted by Gasteiger charge is -2.27. The number of rotatable bonds is 5. The van der Waals surface area contributed by atoms with E-state index in [1.165, 1.54) is 4.31 Å². The molecule has 2 aliphatic heterocycles. The first-order valence-electron chi connectivity index (χ1n) is 9.64. The number of aryl methyl sites for hydroxylation is 1. The van der Waals surface area contributed by atoms with Gasteiger partial charge in [0, 0.05) is 32.0 Å². The van der Waals surface area contributed by atoms with Crippen LogP contribution >= 0.6 is 12.4 Å². The van der Waals surface area contributed by atoms with E-state index in [1.807, 2.05) is 0 Å². The maximum absolute atomic E-state index is 13.0. The second-order valence-electron chi connectivity index (χ2n) is 7.41. The van der Waals surface area contributed by atoms with Crippen LogP contribution in [0.4, 0.5) is 5.69 Å². The lowest BCUT2D eigenvalue weighted by atomic mass is 9.92. The first-order valence-corrected chi connectivity index (χ1v) is 11.1. The molecule has 1 aromatic carbocycles. The summed E-state index contributed by atoms with van der Waals surface area (Å²) in [6.45, 7) is 4.11.